The summed E-state index contributed by atoms with van der Waals surface area (Å²) >= 11 is 11.0. The Bertz CT molecular complexity index is 121. The molecule has 0 bridgehead atoms. The van der Waals surface area contributed by atoms with Gasteiger partial charge in [0, 0.05) is 11.4 Å². The van der Waals surface area contributed by atoms with Crippen LogP contribution in [0.5, 0.6) is 0 Å². The molecule has 0 radical (unpaired) electrons. The zero-order valence-corrected chi connectivity index (χ0v) is 9.95. The quantitative estimate of drug-likeness (QED) is 0.403. The first-order valence-electron chi connectivity index (χ1n) is 5.12. The fourth-order valence-corrected chi connectivity index (χ4v) is 1.67. The number of unbranched alkanes of at least 4 members (excludes halogenated alkanes) is 2. The highest BCUT2D eigenvalue weighted by Gasteiger charge is 2.00. The smallest absolute Gasteiger partial charge is 0.0223 e. The second-order valence-corrected chi connectivity index (χ2v) is 4.21. The average Bonchev–Trinajstić information content (AvgIpc) is 2.14. The topological polar surface area (TPSA) is 0 Å². The van der Waals surface area contributed by atoms with Gasteiger partial charge in [0.25, 0.3) is 0 Å². The summed E-state index contributed by atoms with van der Waals surface area (Å²) in [5.74, 6) is 1.64. The summed E-state index contributed by atoms with van der Waals surface area (Å²) < 4.78 is 0. The molecule has 0 aromatic carbocycles. The largest absolute Gasteiger partial charge is 0.127 e. The van der Waals surface area contributed by atoms with E-state index in [2.05, 4.69) is 6.92 Å². The van der Waals surface area contributed by atoms with Crippen molar-refractivity contribution in [1.82, 2.24) is 0 Å². The van der Waals surface area contributed by atoms with Crippen LogP contribution in [0.3, 0.4) is 0 Å². The van der Waals surface area contributed by atoms with Crippen molar-refractivity contribution < 1.29 is 0 Å². The zero-order chi connectivity index (χ0) is 9.94. The molecule has 0 amide bonds. The minimum atomic E-state index is 0.805. The van der Waals surface area contributed by atoms with Gasteiger partial charge in [0.15, 0.2) is 0 Å². The molecule has 0 aromatic heterocycles. The maximum atomic E-state index is 5.62. The Balaban J connectivity index is 3.11. The molecule has 0 aliphatic rings. The number of rotatable bonds is 8. The SMILES string of the molecule is CC(CCCCl)CCCCC=CCl. The van der Waals surface area contributed by atoms with E-state index in [1.807, 2.05) is 6.08 Å². The number of halogens is 2. The third-order valence-electron chi connectivity index (χ3n) is 2.24. The van der Waals surface area contributed by atoms with Crippen LogP contribution in [0.1, 0.15) is 45.4 Å². The molecule has 0 spiro atoms. The molecule has 0 saturated carbocycles. The molecule has 0 aliphatic heterocycles. The number of allylic oxidation sites excluding steroid dienone is 1. The van der Waals surface area contributed by atoms with Crippen molar-refractivity contribution >= 4 is 23.2 Å². The summed E-state index contributed by atoms with van der Waals surface area (Å²) in [5, 5.41) is 0. The summed E-state index contributed by atoms with van der Waals surface area (Å²) in [6.07, 6.45) is 9.46. The summed E-state index contributed by atoms with van der Waals surface area (Å²) in [6, 6.07) is 0. The Labute approximate surface area is 92.3 Å². The van der Waals surface area contributed by atoms with Crippen LogP contribution in [-0.4, -0.2) is 5.88 Å². The van der Waals surface area contributed by atoms with E-state index in [1.54, 1.807) is 5.54 Å². The van der Waals surface area contributed by atoms with Crippen LogP contribution in [0.15, 0.2) is 11.6 Å². The van der Waals surface area contributed by atoms with Crippen molar-refractivity contribution in [2.45, 2.75) is 45.4 Å². The van der Waals surface area contributed by atoms with Gasteiger partial charge in [-0.1, -0.05) is 37.4 Å². The highest BCUT2D eigenvalue weighted by atomic mass is 35.5. The lowest BCUT2D eigenvalue weighted by Crippen LogP contribution is -1.94. The Morgan fingerprint density at radius 2 is 1.85 bits per heavy atom. The molecule has 0 saturated heterocycles. The van der Waals surface area contributed by atoms with Gasteiger partial charge in [0.1, 0.15) is 0 Å². The van der Waals surface area contributed by atoms with Crippen LogP contribution in [0.25, 0.3) is 0 Å². The van der Waals surface area contributed by atoms with E-state index in [0.29, 0.717) is 0 Å². The fourth-order valence-electron chi connectivity index (χ4n) is 1.39. The van der Waals surface area contributed by atoms with E-state index in [9.17, 15) is 0 Å². The lowest BCUT2D eigenvalue weighted by molar-refractivity contribution is 0.463. The first kappa shape index (κ1) is 13.3. The van der Waals surface area contributed by atoms with Crippen molar-refractivity contribution in [3.8, 4) is 0 Å². The van der Waals surface area contributed by atoms with E-state index in [4.69, 9.17) is 23.2 Å². The van der Waals surface area contributed by atoms with Crippen molar-refractivity contribution in [1.29, 1.82) is 0 Å². The monoisotopic (exact) mass is 222 g/mol. The van der Waals surface area contributed by atoms with Crippen LogP contribution in [0.2, 0.25) is 0 Å². The van der Waals surface area contributed by atoms with Crippen LogP contribution >= 0.6 is 23.2 Å². The van der Waals surface area contributed by atoms with Crippen molar-refractivity contribution in [2.75, 3.05) is 5.88 Å². The maximum Gasteiger partial charge on any atom is 0.0223 e. The summed E-state index contributed by atoms with van der Waals surface area (Å²) in [4.78, 5) is 0. The molecule has 0 nitrogen and oxygen atoms in total. The number of hydrogen-bond acceptors (Lipinski definition) is 0. The summed E-state index contributed by atoms with van der Waals surface area (Å²) in [6.45, 7) is 2.31. The first-order valence-corrected chi connectivity index (χ1v) is 6.09. The van der Waals surface area contributed by atoms with Crippen LogP contribution in [0.4, 0.5) is 0 Å². The third-order valence-corrected chi connectivity index (χ3v) is 2.68. The normalized spacial score (nSPS) is 13.8. The van der Waals surface area contributed by atoms with Gasteiger partial charge < -0.3 is 0 Å². The van der Waals surface area contributed by atoms with E-state index in [1.165, 1.54) is 25.7 Å². The second kappa shape index (κ2) is 10.4. The van der Waals surface area contributed by atoms with Gasteiger partial charge >= 0.3 is 0 Å². The van der Waals surface area contributed by atoms with Gasteiger partial charge in [0.05, 0.1) is 0 Å². The lowest BCUT2D eigenvalue weighted by atomic mass is 9.99. The third kappa shape index (κ3) is 10.2. The summed E-state index contributed by atoms with van der Waals surface area (Å²) in [5.41, 5.74) is 1.61. The number of alkyl halides is 1. The zero-order valence-electron chi connectivity index (χ0n) is 8.44. The molecule has 0 N–H and O–H groups in total. The van der Waals surface area contributed by atoms with Crippen LogP contribution in [-0.2, 0) is 0 Å². The maximum absolute atomic E-state index is 5.62. The standard InChI is InChI=1S/C11H20Cl2/c1-11(8-6-10-13)7-4-2-3-5-9-12/h5,9,11H,2-4,6-8,10H2,1H3. The molecule has 0 aromatic rings. The molecule has 1 unspecified atom stereocenters. The van der Waals surface area contributed by atoms with Gasteiger partial charge in [-0.2, -0.15) is 0 Å². The Kier molecular flexibility index (Phi) is 10.7. The Morgan fingerprint density at radius 1 is 1.15 bits per heavy atom. The Morgan fingerprint density at radius 3 is 2.46 bits per heavy atom. The van der Waals surface area contributed by atoms with Crippen molar-refractivity contribution in [3.63, 3.8) is 0 Å². The van der Waals surface area contributed by atoms with E-state index in [0.717, 1.165) is 24.6 Å². The molecule has 1 atom stereocenters. The van der Waals surface area contributed by atoms with Gasteiger partial charge in [-0.05, 0) is 31.6 Å². The molecule has 0 heterocycles. The molecule has 0 rings (SSSR count). The Hall–Kier alpha value is 0.320. The van der Waals surface area contributed by atoms with Crippen molar-refractivity contribution in [3.05, 3.63) is 11.6 Å². The number of hydrogen-bond donors (Lipinski definition) is 0. The molecule has 0 aliphatic carbocycles. The highest BCUT2D eigenvalue weighted by Crippen LogP contribution is 2.15. The predicted molar refractivity (Wildman–Crippen MR) is 62.6 cm³/mol. The van der Waals surface area contributed by atoms with Crippen LogP contribution < -0.4 is 0 Å². The van der Waals surface area contributed by atoms with Crippen molar-refractivity contribution in [2.24, 2.45) is 5.92 Å². The molecular formula is C11H20Cl2. The van der Waals surface area contributed by atoms with Gasteiger partial charge in [-0.3, -0.25) is 0 Å². The van der Waals surface area contributed by atoms with E-state index < -0.39 is 0 Å². The molecule has 13 heavy (non-hydrogen) atoms. The molecule has 2 heteroatoms. The average molecular weight is 223 g/mol. The predicted octanol–water partition coefficient (Wildman–Crippen LogP) is 4.95. The van der Waals surface area contributed by atoms with E-state index in [-0.39, 0.29) is 0 Å². The molecule has 78 valence electrons. The van der Waals surface area contributed by atoms with Crippen LogP contribution in [0, 0.1) is 5.92 Å². The van der Waals surface area contributed by atoms with Gasteiger partial charge in [-0.25, -0.2) is 0 Å². The van der Waals surface area contributed by atoms with Gasteiger partial charge in [-0.15, -0.1) is 11.6 Å². The first-order chi connectivity index (χ1) is 6.31. The minimum absolute atomic E-state index is 0.805. The van der Waals surface area contributed by atoms with E-state index >= 15 is 0 Å². The molecule has 0 fully saturated rings. The minimum Gasteiger partial charge on any atom is -0.127 e. The fraction of sp³-hybridized carbons (Fsp3) is 0.818. The lowest BCUT2D eigenvalue weighted by Gasteiger charge is -2.08. The second-order valence-electron chi connectivity index (χ2n) is 3.58. The molecular weight excluding hydrogens is 203 g/mol. The highest BCUT2D eigenvalue weighted by molar-refractivity contribution is 6.25. The summed E-state index contributed by atoms with van der Waals surface area (Å²) in [7, 11) is 0. The van der Waals surface area contributed by atoms with Gasteiger partial charge in [0.2, 0.25) is 0 Å².